The fourth-order valence-corrected chi connectivity index (χ4v) is 4.23. The Morgan fingerprint density at radius 3 is 2.21 bits per heavy atom. The molecule has 5 heteroatoms. The van der Waals surface area contributed by atoms with Crippen LogP contribution in [0.25, 0.3) is 0 Å². The van der Waals surface area contributed by atoms with Gasteiger partial charge in [0.2, 0.25) is 0 Å². The highest BCUT2D eigenvalue weighted by molar-refractivity contribution is 7.92. The molecule has 0 saturated heterocycles. The molecule has 1 aromatic carbocycles. The molecule has 0 amide bonds. The summed E-state index contributed by atoms with van der Waals surface area (Å²) in [5.41, 5.74) is 0.693. The second-order valence-corrected chi connectivity index (χ2v) is 7.85. The van der Waals surface area contributed by atoms with Gasteiger partial charge in [-0.2, -0.15) is 0 Å². The van der Waals surface area contributed by atoms with Crippen LogP contribution in [-0.4, -0.2) is 24.7 Å². The Labute approximate surface area is 112 Å². The summed E-state index contributed by atoms with van der Waals surface area (Å²) >= 11 is 0. The maximum atomic E-state index is 12.1. The summed E-state index contributed by atoms with van der Waals surface area (Å²) in [6.45, 7) is 0. The van der Waals surface area contributed by atoms with Gasteiger partial charge >= 0.3 is 5.97 Å². The average Bonchev–Trinajstić information content (AvgIpc) is 3.23. The number of hydrogen-bond donors (Lipinski definition) is 1. The monoisotopic (exact) mass is 280 g/mol. The topological polar surface area (TPSA) is 71.4 Å². The standard InChI is InChI=1S/C14H16O4S/c15-13(16)9-14(7-8-14)10-1-3-11(4-2-10)19(17,18)12-5-6-12/h1-4,12H,5-9H2,(H,15,16). The molecule has 0 atom stereocenters. The molecule has 0 unspecified atom stereocenters. The SMILES string of the molecule is O=C(O)CC1(c2ccc(S(=O)(=O)C3CC3)cc2)CC1. The molecule has 3 rings (SSSR count). The molecule has 2 aliphatic rings. The number of benzene rings is 1. The lowest BCUT2D eigenvalue weighted by atomic mass is 9.93. The minimum atomic E-state index is -3.15. The van der Waals surface area contributed by atoms with Gasteiger partial charge in [0.05, 0.1) is 16.6 Å². The second-order valence-electron chi connectivity index (χ2n) is 5.62. The van der Waals surface area contributed by atoms with E-state index in [-0.39, 0.29) is 17.1 Å². The molecule has 0 heterocycles. The summed E-state index contributed by atoms with van der Waals surface area (Å²) < 4.78 is 24.1. The average molecular weight is 280 g/mol. The minimum Gasteiger partial charge on any atom is -0.481 e. The number of hydrogen-bond acceptors (Lipinski definition) is 3. The molecule has 0 aromatic heterocycles. The van der Waals surface area contributed by atoms with Crippen molar-refractivity contribution in [2.45, 2.75) is 47.7 Å². The van der Waals surface area contributed by atoms with Crippen LogP contribution in [-0.2, 0) is 20.0 Å². The van der Waals surface area contributed by atoms with Gasteiger partial charge in [0.1, 0.15) is 0 Å². The number of rotatable bonds is 5. The van der Waals surface area contributed by atoms with Gasteiger partial charge in [-0.05, 0) is 43.4 Å². The van der Waals surface area contributed by atoms with Crippen LogP contribution in [0, 0.1) is 0 Å². The van der Waals surface area contributed by atoms with Crippen molar-refractivity contribution >= 4 is 15.8 Å². The highest BCUT2D eigenvalue weighted by Gasteiger charge is 2.46. The zero-order chi connectivity index (χ0) is 13.7. The Hall–Kier alpha value is -1.36. The van der Waals surface area contributed by atoms with E-state index in [1.807, 2.05) is 0 Å². The number of carbonyl (C=O) groups is 1. The fourth-order valence-electron chi connectivity index (χ4n) is 2.58. The molecule has 0 radical (unpaired) electrons. The predicted molar refractivity (Wildman–Crippen MR) is 69.8 cm³/mol. The maximum Gasteiger partial charge on any atom is 0.304 e. The number of sulfone groups is 1. The zero-order valence-corrected chi connectivity index (χ0v) is 11.3. The highest BCUT2D eigenvalue weighted by Crippen LogP contribution is 2.51. The van der Waals surface area contributed by atoms with Crippen molar-refractivity contribution in [1.82, 2.24) is 0 Å². The minimum absolute atomic E-state index is 0.127. The van der Waals surface area contributed by atoms with E-state index in [4.69, 9.17) is 5.11 Å². The number of aliphatic carboxylic acids is 1. The Morgan fingerprint density at radius 1 is 1.21 bits per heavy atom. The second kappa shape index (κ2) is 4.07. The van der Waals surface area contributed by atoms with Crippen molar-refractivity contribution in [1.29, 1.82) is 0 Å². The molecule has 0 spiro atoms. The summed E-state index contributed by atoms with van der Waals surface area (Å²) in [4.78, 5) is 11.2. The molecular formula is C14H16O4S. The maximum absolute atomic E-state index is 12.1. The number of carboxylic acid groups (broad SMARTS) is 1. The van der Waals surface area contributed by atoms with Crippen LogP contribution in [0.3, 0.4) is 0 Å². The van der Waals surface area contributed by atoms with Crippen molar-refractivity contribution in [2.24, 2.45) is 0 Å². The summed E-state index contributed by atoms with van der Waals surface area (Å²) in [6, 6.07) is 6.83. The summed E-state index contributed by atoms with van der Waals surface area (Å²) in [5.74, 6) is -0.799. The molecule has 2 aliphatic carbocycles. The van der Waals surface area contributed by atoms with Crippen LogP contribution in [0.5, 0.6) is 0 Å². The van der Waals surface area contributed by atoms with Gasteiger partial charge in [0, 0.05) is 5.41 Å². The first kappa shape index (κ1) is 12.7. The molecule has 1 aromatic rings. The van der Waals surface area contributed by atoms with Gasteiger partial charge in [-0.15, -0.1) is 0 Å². The quantitative estimate of drug-likeness (QED) is 0.897. The molecule has 0 aliphatic heterocycles. The van der Waals surface area contributed by atoms with E-state index in [0.717, 1.165) is 31.2 Å². The summed E-state index contributed by atoms with van der Waals surface area (Å²) in [7, 11) is -3.15. The summed E-state index contributed by atoms with van der Waals surface area (Å²) in [5, 5.41) is 8.72. The lowest BCUT2D eigenvalue weighted by molar-refractivity contribution is -0.137. The first-order valence-corrected chi connectivity index (χ1v) is 8.05. The van der Waals surface area contributed by atoms with Crippen LogP contribution in [0.2, 0.25) is 0 Å². The Kier molecular flexibility index (Phi) is 2.71. The molecule has 102 valence electrons. The molecule has 2 saturated carbocycles. The van der Waals surface area contributed by atoms with Gasteiger partial charge < -0.3 is 5.11 Å². The predicted octanol–water partition coefficient (Wildman–Crippen LogP) is 2.13. The number of carboxylic acids is 1. The van der Waals surface area contributed by atoms with Crippen LogP contribution < -0.4 is 0 Å². The molecular weight excluding hydrogens is 264 g/mol. The van der Waals surface area contributed by atoms with E-state index >= 15 is 0 Å². The van der Waals surface area contributed by atoms with Gasteiger partial charge in [0.25, 0.3) is 0 Å². The van der Waals surface area contributed by atoms with E-state index < -0.39 is 15.8 Å². The lowest BCUT2D eigenvalue weighted by Gasteiger charge is -2.13. The summed E-state index contributed by atoms with van der Waals surface area (Å²) in [6.07, 6.45) is 3.38. The van der Waals surface area contributed by atoms with Crippen LogP contribution in [0.4, 0.5) is 0 Å². The molecule has 1 N–H and O–H groups in total. The van der Waals surface area contributed by atoms with Crippen molar-refractivity contribution in [3.63, 3.8) is 0 Å². The van der Waals surface area contributed by atoms with Crippen LogP contribution in [0.15, 0.2) is 29.2 Å². The van der Waals surface area contributed by atoms with Crippen molar-refractivity contribution < 1.29 is 18.3 Å². The van der Waals surface area contributed by atoms with Gasteiger partial charge in [-0.3, -0.25) is 4.79 Å². The van der Waals surface area contributed by atoms with E-state index in [1.54, 1.807) is 24.3 Å². The Morgan fingerprint density at radius 2 is 1.79 bits per heavy atom. The molecule has 19 heavy (non-hydrogen) atoms. The van der Waals surface area contributed by atoms with E-state index in [0.29, 0.717) is 4.90 Å². The zero-order valence-electron chi connectivity index (χ0n) is 10.5. The third-order valence-corrected chi connectivity index (χ3v) is 6.38. The Balaban J connectivity index is 1.85. The van der Waals surface area contributed by atoms with E-state index in [1.165, 1.54) is 0 Å². The lowest BCUT2D eigenvalue weighted by Crippen LogP contribution is -2.13. The third kappa shape index (κ3) is 2.27. The normalized spacial score (nSPS) is 21.1. The van der Waals surface area contributed by atoms with Gasteiger partial charge in [-0.1, -0.05) is 12.1 Å². The fraction of sp³-hybridized carbons (Fsp3) is 0.500. The van der Waals surface area contributed by atoms with E-state index in [2.05, 4.69) is 0 Å². The molecule has 0 bridgehead atoms. The first-order valence-electron chi connectivity index (χ1n) is 6.50. The van der Waals surface area contributed by atoms with Gasteiger partial charge in [0.15, 0.2) is 9.84 Å². The van der Waals surface area contributed by atoms with E-state index in [9.17, 15) is 13.2 Å². The van der Waals surface area contributed by atoms with Crippen molar-refractivity contribution in [3.05, 3.63) is 29.8 Å². The third-order valence-electron chi connectivity index (χ3n) is 4.10. The highest BCUT2D eigenvalue weighted by atomic mass is 32.2. The smallest absolute Gasteiger partial charge is 0.304 e. The molecule has 2 fully saturated rings. The molecule has 4 nitrogen and oxygen atoms in total. The van der Waals surface area contributed by atoms with Crippen molar-refractivity contribution in [2.75, 3.05) is 0 Å². The van der Waals surface area contributed by atoms with Crippen LogP contribution >= 0.6 is 0 Å². The Bertz CT molecular complexity index is 607. The largest absolute Gasteiger partial charge is 0.481 e. The van der Waals surface area contributed by atoms with Gasteiger partial charge in [-0.25, -0.2) is 8.42 Å². The first-order chi connectivity index (χ1) is 8.94. The van der Waals surface area contributed by atoms with Crippen molar-refractivity contribution in [3.8, 4) is 0 Å². The van der Waals surface area contributed by atoms with Crippen LogP contribution in [0.1, 0.15) is 37.7 Å².